The quantitative estimate of drug-likeness (QED) is 0.716. The zero-order valence-electron chi connectivity index (χ0n) is 8.38. The van der Waals surface area contributed by atoms with Crippen LogP contribution >= 0.6 is 15.9 Å². The summed E-state index contributed by atoms with van der Waals surface area (Å²) in [7, 11) is 1.71. The summed E-state index contributed by atoms with van der Waals surface area (Å²) >= 11 is 3.39. The largest absolute Gasteiger partial charge is 0.379 e. The maximum Gasteiger partial charge on any atom is 0.163 e. The predicted octanol–water partition coefficient (Wildman–Crippen LogP) is 1.94. The molecular formula is C9H17BrO3. The molecule has 78 valence electrons. The SMILES string of the molecule is COC(CCBr)C1COC(C)(C)O1. The van der Waals surface area contributed by atoms with Gasteiger partial charge in [0.2, 0.25) is 0 Å². The Labute approximate surface area is 87.9 Å². The molecule has 13 heavy (non-hydrogen) atoms. The Bertz CT molecular complexity index is 161. The van der Waals surface area contributed by atoms with Crippen LogP contribution in [0.15, 0.2) is 0 Å². The molecule has 1 fully saturated rings. The smallest absolute Gasteiger partial charge is 0.163 e. The third kappa shape index (κ3) is 3.20. The lowest BCUT2D eigenvalue weighted by atomic mass is 10.1. The summed E-state index contributed by atoms with van der Waals surface area (Å²) in [4.78, 5) is 0. The van der Waals surface area contributed by atoms with Crippen LogP contribution in [0.2, 0.25) is 0 Å². The fraction of sp³-hybridized carbons (Fsp3) is 1.00. The van der Waals surface area contributed by atoms with E-state index in [0.717, 1.165) is 11.8 Å². The van der Waals surface area contributed by atoms with Crippen molar-refractivity contribution < 1.29 is 14.2 Å². The van der Waals surface area contributed by atoms with E-state index in [9.17, 15) is 0 Å². The lowest BCUT2D eigenvalue weighted by Crippen LogP contribution is -2.32. The zero-order valence-corrected chi connectivity index (χ0v) is 9.96. The van der Waals surface area contributed by atoms with E-state index in [4.69, 9.17) is 14.2 Å². The van der Waals surface area contributed by atoms with Crippen LogP contribution in [0.3, 0.4) is 0 Å². The van der Waals surface area contributed by atoms with E-state index >= 15 is 0 Å². The van der Waals surface area contributed by atoms with Gasteiger partial charge >= 0.3 is 0 Å². The molecule has 0 spiro atoms. The maximum absolute atomic E-state index is 5.69. The van der Waals surface area contributed by atoms with Gasteiger partial charge in [-0.15, -0.1) is 0 Å². The van der Waals surface area contributed by atoms with Crippen molar-refractivity contribution in [2.75, 3.05) is 19.0 Å². The average molecular weight is 253 g/mol. The van der Waals surface area contributed by atoms with Gasteiger partial charge < -0.3 is 14.2 Å². The molecule has 1 aliphatic heterocycles. The van der Waals surface area contributed by atoms with Crippen LogP contribution in [0, 0.1) is 0 Å². The third-order valence-electron chi connectivity index (χ3n) is 2.14. The first-order valence-electron chi connectivity index (χ1n) is 4.49. The van der Waals surface area contributed by atoms with Crippen LogP contribution < -0.4 is 0 Å². The summed E-state index contributed by atoms with van der Waals surface area (Å²) in [5.74, 6) is -0.451. The Kier molecular flexibility index (Phi) is 4.16. The van der Waals surface area contributed by atoms with Crippen molar-refractivity contribution in [1.82, 2.24) is 0 Å². The molecule has 1 rings (SSSR count). The van der Waals surface area contributed by atoms with E-state index in [2.05, 4.69) is 15.9 Å². The molecule has 0 aromatic rings. The van der Waals surface area contributed by atoms with Crippen molar-refractivity contribution in [3.05, 3.63) is 0 Å². The highest BCUT2D eigenvalue weighted by molar-refractivity contribution is 9.09. The molecule has 2 atom stereocenters. The second kappa shape index (κ2) is 4.73. The molecule has 0 amide bonds. The van der Waals surface area contributed by atoms with Gasteiger partial charge in [0.05, 0.1) is 12.7 Å². The summed E-state index contributed by atoms with van der Waals surface area (Å²) in [6.45, 7) is 4.47. The Balaban J connectivity index is 2.43. The molecule has 0 aromatic carbocycles. The minimum Gasteiger partial charge on any atom is -0.379 e. The highest BCUT2D eigenvalue weighted by atomic mass is 79.9. The normalized spacial score (nSPS) is 29.1. The molecule has 0 saturated carbocycles. The van der Waals surface area contributed by atoms with E-state index in [0.29, 0.717) is 6.61 Å². The summed E-state index contributed by atoms with van der Waals surface area (Å²) in [5, 5.41) is 0.922. The molecule has 0 aliphatic carbocycles. The first kappa shape index (κ1) is 11.4. The van der Waals surface area contributed by atoms with Gasteiger partial charge in [-0.25, -0.2) is 0 Å². The minimum absolute atomic E-state index is 0.0672. The maximum atomic E-state index is 5.69. The highest BCUT2D eigenvalue weighted by Gasteiger charge is 2.37. The molecule has 1 aliphatic rings. The third-order valence-corrected chi connectivity index (χ3v) is 2.60. The van der Waals surface area contributed by atoms with Crippen LogP contribution in [0.25, 0.3) is 0 Å². The van der Waals surface area contributed by atoms with Crippen molar-refractivity contribution in [1.29, 1.82) is 0 Å². The molecule has 0 aromatic heterocycles. The van der Waals surface area contributed by atoms with E-state index < -0.39 is 5.79 Å². The van der Waals surface area contributed by atoms with E-state index in [-0.39, 0.29) is 12.2 Å². The number of alkyl halides is 1. The van der Waals surface area contributed by atoms with Crippen molar-refractivity contribution in [3.8, 4) is 0 Å². The molecule has 1 saturated heterocycles. The monoisotopic (exact) mass is 252 g/mol. The van der Waals surface area contributed by atoms with Gasteiger partial charge in [0, 0.05) is 12.4 Å². The Hall–Kier alpha value is 0.360. The van der Waals surface area contributed by atoms with Crippen LogP contribution in [0.4, 0.5) is 0 Å². The highest BCUT2D eigenvalue weighted by Crippen LogP contribution is 2.26. The number of methoxy groups -OCH3 is 1. The van der Waals surface area contributed by atoms with E-state index in [1.807, 2.05) is 13.8 Å². The average Bonchev–Trinajstić information content (AvgIpc) is 2.42. The minimum atomic E-state index is -0.451. The Morgan fingerprint density at radius 3 is 2.69 bits per heavy atom. The van der Waals surface area contributed by atoms with Gasteiger partial charge in [-0.3, -0.25) is 0 Å². The van der Waals surface area contributed by atoms with E-state index in [1.54, 1.807) is 7.11 Å². The van der Waals surface area contributed by atoms with Gasteiger partial charge in [0.15, 0.2) is 5.79 Å². The summed E-state index contributed by atoms with van der Waals surface area (Å²) in [6, 6.07) is 0. The van der Waals surface area contributed by atoms with Gasteiger partial charge in [-0.1, -0.05) is 15.9 Å². The summed E-state index contributed by atoms with van der Waals surface area (Å²) < 4.78 is 16.5. The molecular weight excluding hydrogens is 236 g/mol. The van der Waals surface area contributed by atoms with Crippen molar-refractivity contribution in [2.45, 2.75) is 38.3 Å². The zero-order chi connectivity index (χ0) is 9.90. The van der Waals surface area contributed by atoms with Gasteiger partial charge in [-0.2, -0.15) is 0 Å². The first-order valence-corrected chi connectivity index (χ1v) is 5.62. The lowest BCUT2D eigenvalue weighted by molar-refractivity contribution is -0.153. The fourth-order valence-electron chi connectivity index (χ4n) is 1.46. The van der Waals surface area contributed by atoms with Crippen molar-refractivity contribution >= 4 is 15.9 Å². The number of hydrogen-bond donors (Lipinski definition) is 0. The van der Waals surface area contributed by atoms with Crippen LogP contribution in [-0.2, 0) is 14.2 Å². The number of halogens is 1. The molecule has 1 heterocycles. The lowest BCUT2D eigenvalue weighted by Gasteiger charge is -2.22. The molecule has 0 bridgehead atoms. The van der Waals surface area contributed by atoms with Gasteiger partial charge in [-0.05, 0) is 20.3 Å². The number of rotatable bonds is 4. The molecule has 2 unspecified atom stereocenters. The van der Waals surface area contributed by atoms with Gasteiger partial charge in [0.25, 0.3) is 0 Å². The summed E-state index contributed by atoms with van der Waals surface area (Å²) in [6.07, 6.45) is 1.14. The Morgan fingerprint density at radius 2 is 2.31 bits per heavy atom. The number of hydrogen-bond acceptors (Lipinski definition) is 3. The van der Waals surface area contributed by atoms with E-state index in [1.165, 1.54) is 0 Å². The predicted molar refractivity (Wildman–Crippen MR) is 54.1 cm³/mol. The van der Waals surface area contributed by atoms with Crippen LogP contribution in [0.5, 0.6) is 0 Å². The standard InChI is InChI=1S/C9H17BrO3/c1-9(2)12-6-8(13-9)7(11-3)4-5-10/h7-8H,4-6H2,1-3H3. The second-order valence-electron chi connectivity index (χ2n) is 3.62. The number of ether oxygens (including phenoxy) is 3. The van der Waals surface area contributed by atoms with Crippen LogP contribution in [0.1, 0.15) is 20.3 Å². The molecule has 0 N–H and O–H groups in total. The fourth-order valence-corrected chi connectivity index (χ4v) is 1.91. The van der Waals surface area contributed by atoms with Crippen molar-refractivity contribution in [2.24, 2.45) is 0 Å². The first-order chi connectivity index (χ1) is 6.09. The van der Waals surface area contributed by atoms with Crippen molar-refractivity contribution in [3.63, 3.8) is 0 Å². The molecule has 4 heteroatoms. The second-order valence-corrected chi connectivity index (χ2v) is 4.41. The van der Waals surface area contributed by atoms with Crippen LogP contribution in [-0.4, -0.2) is 37.0 Å². The molecule has 3 nitrogen and oxygen atoms in total. The Morgan fingerprint density at radius 1 is 1.62 bits per heavy atom. The summed E-state index contributed by atoms with van der Waals surface area (Å²) in [5.41, 5.74) is 0. The topological polar surface area (TPSA) is 27.7 Å². The molecule has 0 radical (unpaired) electrons. The van der Waals surface area contributed by atoms with Gasteiger partial charge in [0.1, 0.15) is 6.10 Å².